The third-order valence-electron chi connectivity index (χ3n) is 6.46. The number of hydrogen-bond acceptors (Lipinski definition) is 5. The van der Waals surface area contributed by atoms with Gasteiger partial charge in [-0.15, -0.1) is 24.0 Å². The summed E-state index contributed by atoms with van der Waals surface area (Å²) < 4.78 is 11.4. The molecule has 1 aromatic rings. The number of piperidine rings is 1. The maximum Gasteiger partial charge on any atom is 0.243 e. The van der Waals surface area contributed by atoms with Crippen molar-refractivity contribution in [1.29, 1.82) is 0 Å². The smallest absolute Gasteiger partial charge is 0.243 e. The van der Waals surface area contributed by atoms with Crippen molar-refractivity contribution in [3.05, 3.63) is 35.9 Å². The number of carbonyl (C=O) groups excluding carboxylic acids is 1. The fourth-order valence-electron chi connectivity index (χ4n) is 4.15. The number of rotatable bonds is 8. The van der Waals surface area contributed by atoms with E-state index < -0.39 is 0 Å². The number of guanidine groups is 1. The van der Waals surface area contributed by atoms with Gasteiger partial charge < -0.3 is 25.0 Å². The molecule has 2 aliphatic rings. The van der Waals surface area contributed by atoms with Crippen LogP contribution in [-0.4, -0.2) is 93.9 Å². The number of ether oxygens (including phenoxy) is 2. The van der Waals surface area contributed by atoms with Crippen molar-refractivity contribution < 1.29 is 14.3 Å². The molecule has 9 heteroatoms. The number of amides is 1. The molecule has 2 fully saturated rings. The number of methoxy groups -OCH3 is 1. The Hall–Kier alpha value is -1.43. The van der Waals surface area contributed by atoms with Crippen LogP contribution in [0.4, 0.5) is 0 Å². The molecule has 0 aromatic heterocycles. The van der Waals surface area contributed by atoms with Gasteiger partial charge in [-0.2, -0.15) is 0 Å². The van der Waals surface area contributed by atoms with Crippen molar-refractivity contribution >= 4 is 35.8 Å². The zero-order chi connectivity index (χ0) is 22.8. The molecule has 0 saturated carbocycles. The molecule has 0 unspecified atom stereocenters. The van der Waals surface area contributed by atoms with Gasteiger partial charge in [0.1, 0.15) is 6.54 Å². The number of aliphatic imine (C=N–C) groups is 1. The molecule has 1 amide bonds. The zero-order valence-electron chi connectivity index (χ0n) is 20.2. The highest BCUT2D eigenvalue weighted by molar-refractivity contribution is 14.0. The molecule has 2 aliphatic heterocycles. The number of nitrogens with zero attached hydrogens (tertiary/aromatic N) is 3. The Balaban J connectivity index is 0.00000385. The van der Waals surface area contributed by atoms with Crippen LogP contribution in [0, 0.1) is 0 Å². The quantitative estimate of drug-likeness (QED) is 0.282. The topological polar surface area (TPSA) is 78.4 Å². The second-order valence-electron chi connectivity index (χ2n) is 8.99. The summed E-state index contributed by atoms with van der Waals surface area (Å²) in [6.45, 7) is 5.23. The summed E-state index contributed by atoms with van der Waals surface area (Å²) in [6.07, 6.45) is 3.77. The summed E-state index contributed by atoms with van der Waals surface area (Å²) in [7, 11) is 5.26. The minimum Gasteiger partial charge on any atom is -0.381 e. The number of carbonyl (C=O) groups is 1. The Morgan fingerprint density at radius 3 is 2.48 bits per heavy atom. The van der Waals surface area contributed by atoms with Crippen LogP contribution in [0.3, 0.4) is 0 Å². The maximum absolute atomic E-state index is 12.1. The van der Waals surface area contributed by atoms with Gasteiger partial charge in [-0.1, -0.05) is 30.3 Å². The predicted octanol–water partition coefficient (Wildman–Crippen LogP) is 2.09. The molecular formula is C24H40IN5O3. The molecule has 0 spiro atoms. The third kappa shape index (κ3) is 9.03. The molecule has 2 saturated heterocycles. The number of nitrogens with one attached hydrogen (secondary N) is 2. The predicted molar refractivity (Wildman–Crippen MR) is 142 cm³/mol. The van der Waals surface area contributed by atoms with E-state index >= 15 is 0 Å². The average molecular weight is 574 g/mol. The lowest BCUT2D eigenvalue weighted by Crippen LogP contribution is -2.54. The first-order valence-electron chi connectivity index (χ1n) is 11.6. The Morgan fingerprint density at radius 2 is 1.88 bits per heavy atom. The normalized spacial score (nSPS) is 19.4. The lowest BCUT2D eigenvalue weighted by Gasteiger charge is -2.37. The first-order chi connectivity index (χ1) is 15.5. The van der Waals surface area contributed by atoms with E-state index in [2.05, 4.69) is 50.9 Å². The molecule has 8 nitrogen and oxygen atoms in total. The molecule has 0 bridgehead atoms. The number of benzene rings is 1. The van der Waals surface area contributed by atoms with Gasteiger partial charge in [-0.25, -0.2) is 4.99 Å². The van der Waals surface area contributed by atoms with Gasteiger partial charge in [0.15, 0.2) is 5.96 Å². The lowest BCUT2D eigenvalue weighted by molar-refractivity contribution is -0.127. The summed E-state index contributed by atoms with van der Waals surface area (Å²) in [6, 6.07) is 10.9. The van der Waals surface area contributed by atoms with Crippen LogP contribution in [0.2, 0.25) is 0 Å². The summed E-state index contributed by atoms with van der Waals surface area (Å²) in [5.41, 5.74) is 1.09. The van der Waals surface area contributed by atoms with Crippen LogP contribution in [0.5, 0.6) is 0 Å². The number of halogens is 1. The van der Waals surface area contributed by atoms with Crippen molar-refractivity contribution in [3.63, 3.8) is 0 Å². The van der Waals surface area contributed by atoms with Crippen LogP contribution < -0.4 is 10.6 Å². The van der Waals surface area contributed by atoms with E-state index in [1.807, 2.05) is 0 Å². The van der Waals surface area contributed by atoms with Gasteiger partial charge >= 0.3 is 0 Å². The van der Waals surface area contributed by atoms with Crippen molar-refractivity contribution in [2.75, 3.05) is 60.6 Å². The molecule has 2 N–H and O–H groups in total. The number of hydrogen-bond donors (Lipinski definition) is 2. The van der Waals surface area contributed by atoms with Crippen molar-refractivity contribution in [2.24, 2.45) is 4.99 Å². The minimum absolute atomic E-state index is 0. The first kappa shape index (κ1) is 27.8. The molecule has 0 aliphatic carbocycles. The number of likely N-dealkylation sites (N-methyl/N-ethyl adjacent to an activating group) is 1. The second kappa shape index (κ2) is 14.1. The monoisotopic (exact) mass is 573 g/mol. The van der Waals surface area contributed by atoms with Crippen molar-refractivity contribution in [3.8, 4) is 0 Å². The van der Waals surface area contributed by atoms with Gasteiger partial charge in [0.2, 0.25) is 5.91 Å². The molecule has 1 aromatic carbocycles. The van der Waals surface area contributed by atoms with E-state index in [0.717, 1.165) is 45.3 Å². The third-order valence-corrected chi connectivity index (χ3v) is 6.46. The van der Waals surface area contributed by atoms with Crippen LogP contribution in [0.25, 0.3) is 0 Å². The van der Waals surface area contributed by atoms with E-state index in [0.29, 0.717) is 31.8 Å². The molecule has 0 radical (unpaired) electrons. The molecule has 186 valence electrons. The van der Waals surface area contributed by atoms with Gasteiger partial charge in [0.05, 0.1) is 5.60 Å². The highest BCUT2D eigenvalue weighted by Crippen LogP contribution is 2.23. The minimum atomic E-state index is -0.259. The Kier molecular flexibility index (Phi) is 11.9. The van der Waals surface area contributed by atoms with Gasteiger partial charge in [-0.3, -0.25) is 9.69 Å². The van der Waals surface area contributed by atoms with E-state index in [-0.39, 0.29) is 42.0 Å². The SMILES string of the molecule is COC1(CNC(=NCC(=O)N(C)C)NC2CCN(Cc3ccccc3)CC2)CCOCC1.I. The maximum atomic E-state index is 12.1. The van der Waals surface area contributed by atoms with Crippen LogP contribution in [0.15, 0.2) is 35.3 Å². The standard InChI is InChI=1S/C24H39N5O3.HI/c1-28(2)22(30)17-25-23(26-19-24(31-3)11-15-32-16-12-24)27-21-9-13-29(14-10-21)18-20-7-5-4-6-8-20;/h4-8,21H,9-19H2,1-3H3,(H2,25,26,27);1H. The van der Waals surface area contributed by atoms with Gasteiger partial charge in [0.25, 0.3) is 0 Å². The molecule has 33 heavy (non-hydrogen) atoms. The fraction of sp³-hybridized carbons (Fsp3) is 0.667. The highest BCUT2D eigenvalue weighted by atomic mass is 127. The lowest BCUT2D eigenvalue weighted by atomic mass is 9.94. The van der Waals surface area contributed by atoms with Gasteiger partial charge in [-0.05, 0) is 18.4 Å². The molecular weight excluding hydrogens is 533 g/mol. The largest absolute Gasteiger partial charge is 0.381 e. The van der Waals surface area contributed by atoms with Crippen LogP contribution >= 0.6 is 24.0 Å². The Bertz CT molecular complexity index is 733. The van der Waals surface area contributed by atoms with Crippen molar-refractivity contribution in [1.82, 2.24) is 20.4 Å². The van der Waals surface area contributed by atoms with E-state index in [1.165, 1.54) is 5.56 Å². The van der Waals surface area contributed by atoms with Crippen LogP contribution in [0.1, 0.15) is 31.2 Å². The number of likely N-dealkylation sites (tertiary alicyclic amines) is 1. The summed E-state index contributed by atoms with van der Waals surface area (Å²) >= 11 is 0. The van der Waals surface area contributed by atoms with E-state index in [9.17, 15) is 4.79 Å². The Morgan fingerprint density at radius 1 is 1.21 bits per heavy atom. The summed E-state index contributed by atoms with van der Waals surface area (Å²) in [5.74, 6) is 0.668. The van der Waals surface area contributed by atoms with E-state index in [1.54, 1.807) is 26.1 Å². The fourth-order valence-corrected chi connectivity index (χ4v) is 4.15. The first-order valence-corrected chi connectivity index (χ1v) is 11.6. The van der Waals surface area contributed by atoms with Gasteiger partial charge in [0, 0.05) is 79.5 Å². The Labute approximate surface area is 215 Å². The summed E-state index contributed by atoms with van der Waals surface area (Å²) in [4.78, 5) is 20.7. The molecule has 3 rings (SSSR count). The van der Waals surface area contributed by atoms with Crippen LogP contribution in [-0.2, 0) is 20.8 Å². The summed E-state index contributed by atoms with van der Waals surface area (Å²) in [5, 5.41) is 7.02. The molecule has 0 atom stereocenters. The second-order valence-corrected chi connectivity index (χ2v) is 8.99. The average Bonchev–Trinajstić information content (AvgIpc) is 2.83. The van der Waals surface area contributed by atoms with Crippen molar-refractivity contribution in [2.45, 2.75) is 43.9 Å². The zero-order valence-corrected chi connectivity index (χ0v) is 22.5. The van der Waals surface area contributed by atoms with E-state index in [4.69, 9.17) is 9.47 Å². The molecule has 2 heterocycles. The highest BCUT2D eigenvalue weighted by Gasteiger charge is 2.33.